The van der Waals surface area contributed by atoms with E-state index in [1.165, 1.54) is 0 Å². The molecule has 0 saturated carbocycles. The summed E-state index contributed by atoms with van der Waals surface area (Å²) in [7, 11) is 0. The predicted molar refractivity (Wildman–Crippen MR) is 117 cm³/mol. The van der Waals surface area contributed by atoms with Crippen LogP contribution in [0.3, 0.4) is 0 Å². The minimum absolute atomic E-state index is 0.113. The monoisotopic (exact) mass is 413 g/mol. The van der Waals surface area contributed by atoms with Gasteiger partial charge in [0.1, 0.15) is 11.4 Å². The Morgan fingerprint density at radius 2 is 1.77 bits per heavy atom. The number of rotatable bonds is 4. The molecule has 1 spiro atoms. The van der Waals surface area contributed by atoms with Crippen LogP contribution in [-0.2, 0) is 4.79 Å². The first-order valence-corrected chi connectivity index (χ1v) is 11.5. The van der Waals surface area contributed by atoms with Gasteiger partial charge in [-0.15, -0.1) is 0 Å². The van der Waals surface area contributed by atoms with E-state index in [2.05, 4.69) is 25.2 Å². The van der Waals surface area contributed by atoms with Crippen LogP contribution in [0.25, 0.3) is 0 Å². The largest absolute Gasteiger partial charge is 0.487 e. The number of amides is 3. The number of para-hydroxylation sites is 1. The summed E-state index contributed by atoms with van der Waals surface area (Å²) < 4.78 is 6.54. The minimum atomic E-state index is -0.279. The molecule has 1 aromatic carbocycles. The Labute approximate surface area is 179 Å². The van der Waals surface area contributed by atoms with Crippen LogP contribution in [0.4, 0.5) is 4.79 Å². The van der Waals surface area contributed by atoms with Gasteiger partial charge >= 0.3 is 6.03 Å². The van der Waals surface area contributed by atoms with E-state index in [1.54, 1.807) is 0 Å². The average Bonchev–Trinajstić information content (AvgIpc) is 3.27. The molecule has 3 amide bonds. The van der Waals surface area contributed by atoms with Gasteiger partial charge in [0.05, 0.1) is 0 Å². The van der Waals surface area contributed by atoms with Gasteiger partial charge in [0, 0.05) is 57.9 Å². The quantitative estimate of drug-likeness (QED) is 0.817. The number of hydrogen-bond donors (Lipinski definition) is 1. The first-order chi connectivity index (χ1) is 14.5. The van der Waals surface area contributed by atoms with Gasteiger partial charge in [-0.1, -0.05) is 32.0 Å². The first kappa shape index (κ1) is 21.0. The predicted octanol–water partition coefficient (Wildman–Crippen LogP) is 3.77. The molecule has 1 unspecified atom stereocenters. The van der Waals surface area contributed by atoms with E-state index >= 15 is 0 Å². The number of urea groups is 1. The van der Waals surface area contributed by atoms with E-state index in [4.69, 9.17) is 4.74 Å². The second-order valence-corrected chi connectivity index (χ2v) is 9.59. The number of carbonyl (C=O) groups is 2. The second kappa shape index (κ2) is 8.86. The molecule has 0 aliphatic carbocycles. The van der Waals surface area contributed by atoms with Crippen molar-refractivity contribution in [2.24, 2.45) is 5.92 Å². The Hall–Kier alpha value is -2.24. The minimum Gasteiger partial charge on any atom is -0.487 e. The lowest BCUT2D eigenvalue weighted by Crippen LogP contribution is -2.54. The Balaban J connectivity index is 1.43. The number of hydrogen-bond acceptors (Lipinski definition) is 3. The van der Waals surface area contributed by atoms with Crippen LogP contribution in [0.2, 0.25) is 0 Å². The molecule has 0 radical (unpaired) electrons. The van der Waals surface area contributed by atoms with E-state index in [0.29, 0.717) is 18.9 Å². The molecule has 30 heavy (non-hydrogen) atoms. The second-order valence-electron chi connectivity index (χ2n) is 9.59. The number of nitrogens with zero attached hydrogens (tertiary/aromatic N) is 2. The van der Waals surface area contributed by atoms with E-state index in [-0.39, 0.29) is 23.5 Å². The van der Waals surface area contributed by atoms with Crippen molar-refractivity contribution in [3.63, 3.8) is 0 Å². The summed E-state index contributed by atoms with van der Waals surface area (Å²) in [6.07, 6.45) is 5.21. The Morgan fingerprint density at radius 1 is 1.10 bits per heavy atom. The van der Waals surface area contributed by atoms with E-state index in [0.717, 1.165) is 69.6 Å². The Bertz CT molecular complexity index is 765. The summed E-state index contributed by atoms with van der Waals surface area (Å²) in [6.45, 7) is 8.15. The molecule has 1 atom stereocenters. The van der Waals surface area contributed by atoms with Crippen LogP contribution >= 0.6 is 0 Å². The van der Waals surface area contributed by atoms with Crippen molar-refractivity contribution in [3.05, 3.63) is 29.8 Å². The van der Waals surface area contributed by atoms with Crippen LogP contribution < -0.4 is 10.1 Å². The van der Waals surface area contributed by atoms with Crippen LogP contribution in [-0.4, -0.2) is 60.1 Å². The van der Waals surface area contributed by atoms with Gasteiger partial charge in [-0.2, -0.15) is 0 Å². The molecule has 3 aliphatic rings. The van der Waals surface area contributed by atoms with Gasteiger partial charge in [-0.3, -0.25) is 4.79 Å². The first-order valence-electron chi connectivity index (χ1n) is 11.5. The van der Waals surface area contributed by atoms with E-state index in [1.807, 2.05) is 28.0 Å². The van der Waals surface area contributed by atoms with Crippen molar-refractivity contribution < 1.29 is 14.3 Å². The molecule has 164 valence electrons. The summed E-state index contributed by atoms with van der Waals surface area (Å²) in [6, 6.07) is 8.32. The summed E-state index contributed by atoms with van der Waals surface area (Å²) >= 11 is 0. The standard InChI is InChI=1S/C24H35N3O3/c1-18(2)17-25-22(28)15-19-16-24(30-21-8-4-3-7-20(19)21)9-13-27(14-10-24)23(29)26-11-5-6-12-26/h3-4,7-8,18-19H,5-6,9-17H2,1-2H3,(H,25,28). The highest BCUT2D eigenvalue weighted by atomic mass is 16.5. The van der Waals surface area contributed by atoms with Crippen molar-refractivity contribution in [1.29, 1.82) is 0 Å². The molecule has 3 heterocycles. The van der Waals surface area contributed by atoms with Gasteiger partial charge in [0.15, 0.2) is 0 Å². The molecule has 4 rings (SSSR count). The highest BCUT2D eigenvalue weighted by molar-refractivity contribution is 5.77. The summed E-state index contributed by atoms with van der Waals surface area (Å²) in [5.41, 5.74) is 0.859. The molecule has 6 nitrogen and oxygen atoms in total. The highest BCUT2D eigenvalue weighted by Gasteiger charge is 2.44. The van der Waals surface area contributed by atoms with Gasteiger partial charge in [0.2, 0.25) is 5.91 Å². The smallest absolute Gasteiger partial charge is 0.320 e. The van der Waals surface area contributed by atoms with Crippen molar-refractivity contribution in [1.82, 2.24) is 15.1 Å². The maximum atomic E-state index is 12.8. The SMILES string of the molecule is CC(C)CNC(=O)CC1CC2(CCN(C(=O)N3CCCC3)CC2)Oc2ccccc21. The molecule has 0 aromatic heterocycles. The third kappa shape index (κ3) is 4.57. The summed E-state index contributed by atoms with van der Waals surface area (Å²) in [5, 5.41) is 3.07. The molecule has 6 heteroatoms. The van der Waals surface area contributed by atoms with Crippen LogP contribution in [0.1, 0.15) is 63.9 Å². The third-order valence-corrected chi connectivity index (χ3v) is 6.76. The van der Waals surface area contributed by atoms with E-state index in [9.17, 15) is 9.59 Å². The zero-order valence-electron chi connectivity index (χ0n) is 18.4. The average molecular weight is 414 g/mol. The lowest BCUT2D eigenvalue weighted by molar-refractivity contribution is -0.122. The zero-order chi connectivity index (χ0) is 21.1. The number of nitrogens with one attached hydrogen (secondary N) is 1. The molecule has 2 fully saturated rings. The molecular formula is C24H35N3O3. The van der Waals surface area contributed by atoms with Gasteiger partial charge in [-0.05, 0) is 36.8 Å². The number of piperidine rings is 1. The number of benzene rings is 1. The normalized spacial score (nSPS) is 22.7. The van der Waals surface area contributed by atoms with Crippen molar-refractivity contribution >= 4 is 11.9 Å². The number of likely N-dealkylation sites (tertiary alicyclic amines) is 2. The fourth-order valence-corrected chi connectivity index (χ4v) is 5.06. The molecule has 1 aromatic rings. The topological polar surface area (TPSA) is 61.9 Å². The van der Waals surface area contributed by atoms with Gasteiger partial charge in [0.25, 0.3) is 0 Å². The van der Waals surface area contributed by atoms with Gasteiger partial charge < -0.3 is 19.9 Å². The maximum absolute atomic E-state index is 12.8. The number of carbonyl (C=O) groups excluding carboxylic acids is 2. The zero-order valence-corrected chi connectivity index (χ0v) is 18.4. The van der Waals surface area contributed by atoms with Crippen LogP contribution in [0.15, 0.2) is 24.3 Å². The van der Waals surface area contributed by atoms with Crippen molar-refractivity contribution in [3.8, 4) is 5.75 Å². The Morgan fingerprint density at radius 3 is 2.47 bits per heavy atom. The van der Waals surface area contributed by atoms with Crippen molar-refractivity contribution in [2.45, 2.75) is 63.9 Å². The van der Waals surface area contributed by atoms with E-state index < -0.39 is 0 Å². The summed E-state index contributed by atoms with van der Waals surface area (Å²) in [5.74, 6) is 1.62. The molecule has 2 saturated heterocycles. The molecule has 0 bridgehead atoms. The highest BCUT2D eigenvalue weighted by Crippen LogP contribution is 2.46. The number of ether oxygens (including phenoxy) is 1. The molecule has 1 N–H and O–H groups in total. The Kier molecular flexibility index (Phi) is 6.21. The summed E-state index contributed by atoms with van der Waals surface area (Å²) in [4.78, 5) is 29.3. The fourth-order valence-electron chi connectivity index (χ4n) is 5.06. The van der Waals surface area contributed by atoms with Crippen LogP contribution in [0.5, 0.6) is 5.75 Å². The molecular weight excluding hydrogens is 378 g/mol. The maximum Gasteiger partial charge on any atom is 0.320 e. The lowest BCUT2D eigenvalue weighted by Gasteiger charge is -2.47. The third-order valence-electron chi connectivity index (χ3n) is 6.76. The van der Waals surface area contributed by atoms with Crippen LogP contribution in [0, 0.1) is 5.92 Å². The molecule has 3 aliphatic heterocycles. The fraction of sp³-hybridized carbons (Fsp3) is 0.667. The van der Waals surface area contributed by atoms with Gasteiger partial charge in [-0.25, -0.2) is 4.79 Å². The number of fused-ring (bicyclic) bond motifs is 1. The van der Waals surface area contributed by atoms with Crippen molar-refractivity contribution in [2.75, 3.05) is 32.7 Å². The lowest BCUT2D eigenvalue weighted by atomic mass is 9.76.